The van der Waals surface area contributed by atoms with Crippen LogP contribution in [-0.2, 0) is 26.5 Å². The summed E-state index contributed by atoms with van der Waals surface area (Å²) in [5.41, 5.74) is 11.6. The number of aromatic nitrogens is 4. The molecule has 1 unspecified atom stereocenters. The van der Waals surface area contributed by atoms with Crippen LogP contribution in [0.25, 0.3) is 59.7 Å². The summed E-state index contributed by atoms with van der Waals surface area (Å²) in [5.74, 6) is 7.54. The van der Waals surface area contributed by atoms with Gasteiger partial charge < -0.3 is 4.57 Å². The topological polar surface area (TPSA) is 43.6 Å². The van der Waals surface area contributed by atoms with E-state index in [9.17, 15) is 0 Å². The Morgan fingerprint density at radius 2 is 1.53 bits per heavy atom. The third kappa shape index (κ3) is 8.33. The zero-order chi connectivity index (χ0) is 40.8. The van der Waals surface area contributed by atoms with Gasteiger partial charge in [0.25, 0.3) is 0 Å². The van der Waals surface area contributed by atoms with Gasteiger partial charge in [-0.05, 0) is 60.2 Å². The van der Waals surface area contributed by atoms with Crippen LogP contribution in [0.4, 0.5) is 0 Å². The number of fused-ring (bicyclic) bond motifs is 4. The van der Waals surface area contributed by atoms with Gasteiger partial charge >= 0.3 is 157 Å². The predicted molar refractivity (Wildman–Crippen MR) is 240 cm³/mol. The molecule has 57 heavy (non-hydrogen) atoms. The minimum absolute atomic E-state index is 0. The fourth-order valence-corrected chi connectivity index (χ4v) is 11.7. The summed E-state index contributed by atoms with van der Waals surface area (Å²) in [4.78, 5) is 15.4. The van der Waals surface area contributed by atoms with Gasteiger partial charge in [0.2, 0.25) is 0 Å². The molecule has 4 nitrogen and oxygen atoms in total. The maximum absolute atomic E-state index is 9.05. The van der Waals surface area contributed by atoms with Crippen LogP contribution in [0.1, 0.15) is 43.4 Å². The molecule has 0 saturated heterocycles. The van der Waals surface area contributed by atoms with Gasteiger partial charge in [-0.25, -0.2) is 4.98 Å². The Morgan fingerprint density at radius 1 is 0.789 bits per heavy atom. The molecule has 0 saturated carbocycles. The molecule has 9 rings (SSSR count). The van der Waals surface area contributed by atoms with Crippen molar-refractivity contribution in [1.82, 2.24) is 19.5 Å². The van der Waals surface area contributed by atoms with E-state index in [1.54, 1.807) is 11.3 Å². The van der Waals surface area contributed by atoms with E-state index in [4.69, 9.17) is 7.73 Å². The number of nitrogens with zero attached hydrogens (tertiary/aromatic N) is 4. The Balaban J connectivity index is 0.000000178. The van der Waals surface area contributed by atoms with Gasteiger partial charge in [0.15, 0.2) is 0 Å². The average molecular weight is 1000 g/mol. The second-order valence-electron chi connectivity index (χ2n) is 15.5. The van der Waals surface area contributed by atoms with Gasteiger partial charge in [0.1, 0.15) is 4.83 Å². The first kappa shape index (κ1) is 37.8. The Hall–Kier alpha value is -4.72. The smallest absolute Gasteiger partial charge is 0 e. The molecule has 0 fully saturated rings. The van der Waals surface area contributed by atoms with Crippen LogP contribution in [0.3, 0.4) is 0 Å². The number of imidazole rings is 1. The Bertz CT molecular complexity index is 2900. The van der Waals surface area contributed by atoms with Crippen LogP contribution in [0.2, 0.25) is 17.3 Å². The SMILES string of the molecule is Cc1cc(C)c(-n2c(-c3[c-]ccc4c3sc3ncccc34)nc3ccccc32)c(C)c1.[2H]C([2H])(c1cc(-c2[c-]cccc2)nc[c]1[Ge]([CH3])([CH3])[CH3])C(C)c1ccccc1.[Ir]. The van der Waals surface area contributed by atoms with Crippen molar-refractivity contribution in [2.75, 3.05) is 0 Å². The predicted octanol–water partition coefficient (Wildman–Crippen LogP) is 12.6. The second-order valence-corrected chi connectivity index (χ2v) is 27.0. The van der Waals surface area contributed by atoms with E-state index in [-0.39, 0.29) is 26.0 Å². The number of rotatable bonds is 7. The largest absolute Gasteiger partial charge is 0 e. The standard InChI is InChI=1S/C27H20N3S.C23H26GeN.Ir/c1-16-14-17(2)24(18(3)15-16)30-23-12-5-4-11-22(23)29-26(30)21-9-6-8-19-20-10-7-13-28-27(20)31-25(19)21;1-18(19-11-7-5-8-12-19)15-21-16-23(20-13-9-6-10-14-20)25-17-22(21)24(2,3)4;/h4-8,10-15H,1-3H3;5-13,16-18H,15H2,1-4H3;/q2*-1;/i;15D2;. The van der Waals surface area contributed by atoms with Crippen molar-refractivity contribution in [3.8, 4) is 28.3 Å². The molecular formula is C50H46GeIrN4S-2. The van der Waals surface area contributed by atoms with E-state index in [1.807, 2.05) is 98.2 Å². The summed E-state index contributed by atoms with van der Waals surface area (Å²) in [7, 11) is 0. The summed E-state index contributed by atoms with van der Waals surface area (Å²) in [6.07, 6.45) is 2.29. The molecular weight excluding hydrogens is 953 g/mol. The van der Waals surface area contributed by atoms with E-state index in [0.29, 0.717) is 0 Å². The molecule has 0 amide bonds. The van der Waals surface area contributed by atoms with Crippen molar-refractivity contribution in [1.29, 1.82) is 0 Å². The molecule has 5 aromatic carbocycles. The minimum atomic E-state index is -2.32. The molecule has 4 heterocycles. The maximum atomic E-state index is 9.05. The average Bonchev–Trinajstić information content (AvgIpc) is 3.79. The zero-order valence-corrected chi connectivity index (χ0v) is 38.6. The number of pyridine rings is 2. The quantitative estimate of drug-likeness (QED) is 0.118. The molecule has 0 bridgehead atoms. The van der Waals surface area contributed by atoms with Crippen LogP contribution in [-0.4, -0.2) is 32.8 Å². The molecule has 287 valence electrons. The Kier molecular flexibility index (Phi) is 11.3. The van der Waals surface area contributed by atoms with Gasteiger partial charge in [-0.1, -0.05) is 46.8 Å². The number of benzene rings is 5. The molecule has 0 N–H and O–H groups in total. The summed E-state index contributed by atoms with van der Waals surface area (Å²) in [6, 6.07) is 47.5. The number of thiophene rings is 1. The van der Waals surface area contributed by atoms with Crippen molar-refractivity contribution < 1.29 is 22.8 Å². The fraction of sp³-hybridized carbons (Fsp3) is 0.180. The van der Waals surface area contributed by atoms with Gasteiger partial charge in [0, 0.05) is 32.0 Å². The molecule has 0 aliphatic heterocycles. The molecule has 0 spiro atoms. The first-order valence-corrected chi connectivity index (χ1v) is 27.3. The zero-order valence-electron chi connectivity index (χ0n) is 35.3. The Labute approximate surface area is 359 Å². The van der Waals surface area contributed by atoms with Crippen molar-refractivity contribution >= 4 is 60.3 Å². The van der Waals surface area contributed by atoms with Crippen LogP contribution in [0.5, 0.6) is 0 Å². The molecule has 1 atom stereocenters. The van der Waals surface area contributed by atoms with Crippen LogP contribution in [0, 0.1) is 32.9 Å². The van der Waals surface area contributed by atoms with Crippen molar-refractivity contribution in [3.05, 3.63) is 174 Å². The van der Waals surface area contributed by atoms with E-state index >= 15 is 0 Å². The van der Waals surface area contributed by atoms with Crippen LogP contribution >= 0.6 is 11.3 Å². The van der Waals surface area contributed by atoms with Crippen molar-refractivity contribution in [2.45, 2.75) is 57.3 Å². The number of hydrogen-bond acceptors (Lipinski definition) is 4. The van der Waals surface area contributed by atoms with Gasteiger partial charge in [-0.15, -0.1) is 18.2 Å². The van der Waals surface area contributed by atoms with Gasteiger partial charge in [-0.3, -0.25) is 4.98 Å². The molecule has 1 radical (unpaired) electrons. The van der Waals surface area contributed by atoms with E-state index < -0.39 is 19.6 Å². The molecule has 4 aromatic heterocycles. The second kappa shape index (κ2) is 17.0. The van der Waals surface area contributed by atoms with Gasteiger partial charge in [-0.2, -0.15) is 11.3 Å². The van der Waals surface area contributed by atoms with Gasteiger partial charge in [0.05, 0.1) is 16.9 Å². The van der Waals surface area contributed by atoms with E-state index in [1.165, 1.54) is 37.9 Å². The molecule has 7 heteroatoms. The first-order chi connectivity index (χ1) is 27.8. The monoisotopic (exact) mass is 1000 g/mol. The van der Waals surface area contributed by atoms with E-state index in [2.05, 4.69) is 107 Å². The normalized spacial score (nSPS) is 12.8. The molecule has 9 aromatic rings. The van der Waals surface area contributed by atoms with Crippen LogP contribution < -0.4 is 4.40 Å². The Morgan fingerprint density at radius 3 is 2.26 bits per heavy atom. The summed E-state index contributed by atoms with van der Waals surface area (Å²) < 4.78 is 22.7. The maximum Gasteiger partial charge on any atom is 0 e. The number of hydrogen-bond donors (Lipinski definition) is 0. The molecule has 0 aliphatic rings. The van der Waals surface area contributed by atoms with Crippen molar-refractivity contribution in [3.63, 3.8) is 0 Å². The van der Waals surface area contributed by atoms with Crippen LogP contribution in [0.15, 0.2) is 134 Å². The minimum Gasteiger partial charge on any atom is 0 e. The summed E-state index contributed by atoms with van der Waals surface area (Å²) >= 11 is -0.608. The summed E-state index contributed by atoms with van der Waals surface area (Å²) in [6.45, 7) is 8.49. The van der Waals surface area contributed by atoms with E-state index in [0.717, 1.165) is 54.0 Å². The number of aryl methyl sites for hydroxylation is 3. The third-order valence-corrected chi connectivity index (χ3v) is 15.6. The van der Waals surface area contributed by atoms with Crippen molar-refractivity contribution in [2.24, 2.45) is 0 Å². The summed E-state index contributed by atoms with van der Waals surface area (Å²) in [5, 5.41) is 2.39. The molecule has 0 aliphatic carbocycles. The third-order valence-electron chi connectivity index (χ3n) is 10.2. The number of para-hydroxylation sites is 2. The first-order valence-electron chi connectivity index (χ1n) is 20.1. The fourth-order valence-electron chi connectivity index (χ4n) is 7.62.